The minimum Gasteiger partial charge on any atom is -0.407 e. The molecule has 2 rings (SSSR count). The lowest BCUT2D eigenvalue weighted by Crippen LogP contribution is -2.16. The molecule has 0 bridgehead atoms. The highest BCUT2D eigenvalue weighted by molar-refractivity contribution is 6.11. The number of anilines is 1. The summed E-state index contributed by atoms with van der Waals surface area (Å²) in [4.78, 5) is 9.38. The molecule has 0 saturated heterocycles. The van der Waals surface area contributed by atoms with Crippen LogP contribution >= 0.6 is 0 Å². The maximum Gasteiger partial charge on any atom is 0.191 e. The van der Waals surface area contributed by atoms with Gasteiger partial charge in [-0.2, -0.15) is 5.90 Å². The number of hydrogen-bond donors (Lipinski definition) is 2. The van der Waals surface area contributed by atoms with Crippen molar-refractivity contribution in [2.75, 3.05) is 12.4 Å². The summed E-state index contributed by atoms with van der Waals surface area (Å²) in [7, 11) is 1.72. The second kappa shape index (κ2) is 7.26. The van der Waals surface area contributed by atoms with Crippen molar-refractivity contribution >= 4 is 11.4 Å². The van der Waals surface area contributed by atoms with E-state index < -0.39 is 0 Å². The number of rotatable bonds is 5. The maximum atomic E-state index is 5.46. The largest absolute Gasteiger partial charge is 0.407 e. The van der Waals surface area contributed by atoms with Crippen molar-refractivity contribution in [3.05, 3.63) is 77.7 Å². The van der Waals surface area contributed by atoms with Gasteiger partial charge in [0.05, 0.1) is 5.70 Å². The molecule has 0 radical (unpaired) electrons. The second-order valence-corrected chi connectivity index (χ2v) is 4.50. The lowest BCUT2D eigenvalue weighted by atomic mass is 10.1. The van der Waals surface area contributed by atoms with E-state index in [9.17, 15) is 0 Å². The molecule has 2 aromatic rings. The molecule has 4 nitrogen and oxygen atoms in total. The summed E-state index contributed by atoms with van der Waals surface area (Å²) < 4.78 is 0. The van der Waals surface area contributed by atoms with Crippen LogP contribution in [0.1, 0.15) is 12.5 Å². The molecule has 0 saturated carbocycles. The van der Waals surface area contributed by atoms with E-state index in [2.05, 4.69) is 10.3 Å². The van der Waals surface area contributed by atoms with Crippen LogP contribution in [0.2, 0.25) is 0 Å². The van der Waals surface area contributed by atoms with Crippen LogP contribution in [0.4, 0.5) is 5.69 Å². The van der Waals surface area contributed by atoms with Crippen molar-refractivity contribution in [1.82, 2.24) is 0 Å². The Kier molecular flexibility index (Phi) is 5.12. The van der Waals surface area contributed by atoms with Crippen molar-refractivity contribution in [1.29, 1.82) is 0 Å². The smallest absolute Gasteiger partial charge is 0.191 e. The van der Waals surface area contributed by atoms with Crippen molar-refractivity contribution in [3.8, 4) is 0 Å². The van der Waals surface area contributed by atoms with Crippen LogP contribution in [0.25, 0.3) is 0 Å². The topological polar surface area (TPSA) is 59.6 Å². The van der Waals surface area contributed by atoms with E-state index in [1.807, 2.05) is 67.6 Å². The first kappa shape index (κ1) is 14.8. The fraction of sp³-hybridized carbons (Fsp3) is 0.118. The summed E-state index contributed by atoms with van der Waals surface area (Å²) in [6.45, 7) is 1.91. The lowest BCUT2D eigenvalue weighted by Gasteiger charge is -2.14. The Labute approximate surface area is 124 Å². The Morgan fingerprint density at radius 1 is 1.00 bits per heavy atom. The molecule has 3 N–H and O–H groups in total. The molecule has 21 heavy (non-hydrogen) atoms. The Bertz CT molecular complexity index is 634. The van der Waals surface area contributed by atoms with Gasteiger partial charge < -0.3 is 10.2 Å². The van der Waals surface area contributed by atoms with Gasteiger partial charge in [-0.15, -0.1) is 0 Å². The number of allylic oxidation sites excluding steroid dienone is 2. The van der Waals surface area contributed by atoms with Gasteiger partial charge in [0.15, 0.2) is 5.76 Å². The first-order valence-electron chi connectivity index (χ1n) is 6.68. The van der Waals surface area contributed by atoms with Crippen molar-refractivity contribution in [2.24, 2.45) is 10.9 Å². The van der Waals surface area contributed by atoms with Crippen LogP contribution in [0, 0.1) is 0 Å². The highest BCUT2D eigenvalue weighted by Crippen LogP contribution is 2.16. The molecule has 0 heterocycles. The van der Waals surface area contributed by atoms with Gasteiger partial charge in [-0.3, -0.25) is 4.99 Å². The van der Waals surface area contributed by atoms with Crippen LogP contribution in [0.5, 0.6) is 0 Å². The third kappa shape index (κ3) is 3.70. The van der Waals surface area contributed by atoms with Crippen molar-refractivity contribution < 1.29 is 4.84 Å². The van der Waals surface area contributed by atoms with E-state index in [0.717, 1.165) is 16.9 Å². The second-order valence-electron chi connectivity index (χ2n) is 4.50. The van der Waals surface area contributed by atoms with Crippen molar-refractivity contribution in [3.63, 3.8) is 0 Å². The van der Waals surface area contributed by atoms with Crippen molar-refractivity contribution in [2.45, 2.75) is 6.92 Å². The average Bonchev–Trinajstić information content (AvgIpc) is 2.54. The highest BCUT2D eigenvalue weighted by Gasteiger charge is 2.14. The van der Waals surface area contributed by atoms with Gasteiger partial charge in [-0.1, -0.05) is 48.5 Å². The maximum absolute atomic E-state index is 5.46. The number of nitrogens with zero attached hydrogens (tertiary/aromatic N) is 1. The van der Waals surface area contributed by atoms with Crippen LogP contribution in [0.15, 0.2) is 77.1 Å². The van der Waals surface area contributed by atoms with E-state index in [1.165, 1.54) is 0 Å². The average molecular weight is 281 g/mol. The summed E-state index contributed by atoms with van der Waals surface area (Å²) in [6.07, 6.45) is 0. The Morgan fingerprint density at radius 3 is 2.10 bits per heavy atom. The summed E-state index contributed by atoms with van der Waals surface area (Å²) in [5, 5.41) is 3.27. The zero-order valence-corrected chi connectivity index (χ0v) is 12.2. The molecule has 0 unspecified atom stereocenters. The van der Waals surface area contributed by atoms with E-state index in [0.29, 0.717) is 11.5 Å². The molecule has 0 aliphatic carbocycles. The fourth-order valence-corrected chi connectivity index (χ4v) is 2.07. The fourth-order valence-electron chi connectivity index (χ4n) is 2.07. The number of para-hydroxylation sites is 1. The normalized spacial score (nSPS) is 12.6. The first-order chi connectivity index (χ1) is 10.3. The van der Waals surface area contributed by atoms with Crippen LogP contribution in [-0.4, -0.2) is 12.8 Å². The molecule has 0 atom stereocenters. The van der Waals surface area contributed by atoms with Crippen LogP contribution in [-0.2, 0) is 4.84 Å². The number of nitrogens with two attached hydrogens (primary N) is 1. The van der Waals surface area contributed by atoms with Gasteiger partial charge in [0, 0.05) is 18.3 Å². The molecule has 0 aliphatic rings. The van der Waals surface area contributed by atoms with Crippen LogP contribution < -0.4 is 11.2 Å². The predicted octanol–water partition coefficient (Wildman–Crippen LogP) is 3.34. The summed E-state index contributed by atoms with van der Waals surface area (Å²) in [5.41, 5.74) is 3.43. The third-order valence-corrected chi connectivity index (χ3v) is 3.05. The minimum absolute atomic E-state index is 0.521. The van der Waals surface area contributed by atoms with E-state index in [1.54, 1.807) is 7.05 Å². The molecule has 0 spiro atoms. The van der Waals surface area contributed by atoms with E-state index >= 15 is 0 Å². The van der Waals surface area contributed by atoms with Gasteiger partial charge in [-0.05, 0) is 19.1 Å². The summed E-state index contributed by atoms with van der Waals surface area (Å²) >= 11 is 0. The molecule has 0 amide bonds. The number of benzene rings is 2. The van der Waals surface area contributed by atoms with Crippen LogP contribution in [0.3, 0.4) is 0 Å². The third-order valence-electron chi connectivity index (χ3n) is 3.05. The summed E-state index contributed by atoms with van der Waals surface area (Å²) in [5.74, 6) is 5.98. The quantitative estimate of drug-likeness (QED) is 0.502. The molecular formula is C17H19N3O. The zero-order valence-electron chi connectivity index (χ0n) is 12.2. The van der Waals surface area contributed by atoms with Gasteiger partial charge in [0.2, 0.25) is 0 Å². The molecule has 2 aromatic carbocycles. The van der Waals surface area contributed by atoms with Gasteiger partial charge in [-0.25, -0.2) is 0 Å². The SMILES string of the molecule is CN=C(/C(ON)=C(/C)Nc1ccccc1)c1ccccc1. The highest BCUT2D eigenvalue weighted by atomic mass is 16.6. The Balaban J connectivity index is 2.34. The standard InChI is InChI=1S/C17H19N3O/c1-13(20-15-11-7-4-8-12-15)17(21-18)16(19-2)14-9-5-3-6-10-14/h3-12,20H,18H2,1-2H3/b17-13+,19-16?. The van der Waals surface area contributed by atoms with E-state index in [4.69, 9.17) is 10.7 Å². The number of aliphatic imine (C=N–C) groups is 1. The van der Waals surface area contributed by atoms with Gasteiger partial charge >= 0.3 is 0 Å². The molecule has 0 fully saturated rings. The Morgan fingerprint density at radius 2 is 1.57 bits per heavy atom. The number of nitrogens with one attached hydrogen (secondary N) is 1. The molecule has 0 aliphatic heterocycles. The summed E-state index contributed by atoms with van der Waals surface area (Å²) in [6, 6.07) is 19.6. The predicted molar refractivity (Wildman–Crippen MR) is 86.9 cm³/mol. The Hall–Kier alpha value is -2.59. The molecular weight excluding hydrogens is 262 g/mol. The monoisotopic (exact) mass is 281 g/mol. The molecule has 0 aromatic heterocycles. The van der Waals surface area contributed by atoms with Gasteiger partial charge in [0.25, 0.3) is 0 Å². The molecule has 4 heteroatoms. The molecule has 108 valence electrons. The zero-order chi connectivity index (χ0) is 15.1. The lowest BCUT2D eigenvalue weighted by molar-refractivity contribution is 0.238. The number of hydrogen-bond acceptors (Lipinski definition) is 4. The van der Waals surface area contributed by atoms with Gasteiger partial charge in [0.1, 0.15) is 5.71 Å². The van der Waals surface area contributed by atoms with E-state index in [-0.39, 0.29) is 0 Å². The first-order valence-corrected chi connectivity index (χ1v) is 6.68. The minimum atomic E-state index is 0.521.